The quantitative estimate of drug-likeness (QED) is 0.584. The molecule has 1 amide bonds. The number of nitro groups is 1. The zero-order chi connectivity index (χ0) is 15.2. The Morgan fingerprint density at radius 1 is 1.33 bits per heavy atom. The van der Waals surface area contributed by atoms with Gasteiger partial charge in [0.25, 0.3) is 0 Å². The molecule has 1 fully saturated rings. The van der Waals surface area contributed by atoms with Crippen molar-refractivity contribution in [2.24, 2.45) is 0 Å². The highest BCUT2D eigenvalue weighted by atomic mass is 16.6. The number of anilines is 1. The van der Waals surface area contributed by atoms with Crippen LogP contribution in [0, 0.1) is 10.1 Å². The van der Waals surface area contributed by atoms with E-state index < -0.39 is 4.92 Å². The number of nitrogens with one attached hydrogen (secondary N) is 1. The minimum Gasteiger partial charge on any atom is -0.355 e. The maximum atomic E-state index is 11.5. The number of aromatic nitrogens is 2. The molecular formula is C12H18N6O3. The van der Waals surface area contributed by atoms with E-state index in [1.165, 1.54) is 12.4 Å². The second-order valence-electron chi connectivity index (χ2n) is 4.72. The summed E-state index contributed by atoms with van der Waals surface area (Å²) in [6, 6.07) is 0. The van der Waals surface area contributed by atoms with Crippen molar-refractivity contribution < 1.29 is 9.72 Å². The van der Waals surface area contributed by atoms with Gasteiger partial charge < -0.3 is 10.2 Å². The number of carbonyl (C=O) groups is 1. The van der Waals surface area contributed by atoms with Crippen molar-refractivity contribution in [2.45, 2.75) is 6.92 Å². The van der Waals surface area contributed by atoms with Crippen LogP contribution < -0.4 is 10.2 Å². The molecule has 21 heavy (non-hydrogen) atoms. The van der Waals surface area contributed by atoms with Crippen LogP contribution in [0.4, 0.5) is 11.6 Å². The Balaban J connectivity index is 1.86. The zero-order valence-corrected chi connectivity index (χ0v) is 11.9. The normalized spacial score (nSPS) is 15.8. The van der Waals surface area contributed by atoms with Crippen molar-refractivity contribution in [1.29, 1.82) is 0 Å². The smallest absolute Gasteiger partial charge is 0.305 e. The van der Waals surface area contributed by atoms with Crippen LogP contribution >= 0.6 is 0 Å². The number of nitrogens with zero attached hydrogens (tertiary/aromatic N) is 5. The molecule has 0 spiro atoms. The second kappa shape index (κ2) is 6.93. The van der Waals surface area contributed by atoms with Crippen LogP contribution in [0.2, 0.25) is 0 Å². The van der Waals surface area contributed by atoms with Crippen LogP contribution in [0.5, 0.6) is 0 Å². The Labute approximate surface area is 122 Å². The third kappa shape index (κ3) is 4.09. The van der Waals surface area contributed by atoms with Crippen molar-refractivity contribution in [2.75, 3.05) is 44.2 Å². The van der Waals surface area contributed by atoms with Crippen molar-refractivity contribution >= 4 is 17.5 Å². The van der Waals surface area contributed by atoms with E-state index in [-0.39, 0.29) is 11.6 Å². The van der Waals surface area contributed by atoms with Crippen LogP contribution in [0.15, 0.2) is 12.4 Å². The van der Waals surface area contributed by atoms with Gasteiger partial charge in [-0.15, -0.1) is 0 Å². The summed E-state index contributed by atoms with van der Waals surface area (Å²) in [6.07, 6.45) is 2.42. The van der Waals surface area contributed by atoms with Crippen LogP contribution in [0.25, 0.3) is 0 Å². The van der Waals surface area contributed by atoms with Gasteiger partial charge in [-0.3, -0.25) is 19.8 Å². The summed E-state index contributed by atoms with van der Waals surface area (Å²) in [5, 5.41) is 13.3. The average molecular weight is 294 g/mol. The largest absolute Gasteiger partial charge is 0.355 e. The molecule has 1 N–H and O–H groups in total. The predicted octanol–water partition coefficient (Wildman–Crippen LogP) is -0.357. The van der Waals surface area contributed by atoms with E-state index in [9.17, 15) is 14.9 Å². The number of hydrogen-bond donors (Lipinski definition) is 1. The minimum absolute atomic E-state index is 0.0255. The van der Waals surface area contributed by atoms with E-state index in [0.717, 1.165) is 13.1 Å². The van der Waals surface area contributed by atoms with E-state index in [4.69, 9.17) is 0 Å². The highest BCUT2D eigenvalue weighted by Gasteiger charge is 2.21. The van der Waals surface area contributed by atoms with Gasteiger partial charge in [-0.2, -0.15) is 0 Å². The molecule has 1 aromatic heterocycles. The van der Waals surface area contributed by atoms with E-state index in [1.807, 2.05) is 11.8 Å². The molecule has 1 aromatic rings. The van der Waals surface area contributed by atoms with Crippen molar-refractivity contribution in [1.82, 2.24) is 20.2 Å². The fraction of sp³-hybridized carbons (Fsp3) is 0.583. The molecule has 0 atom stereocenters. The lowest BCUT2D eigenvalue weighted by molar-refractivity contribution is -0.385. The average Bonchev–Trinajstić information content (AvgIpc) is 2.48. The summed E-state index contributed by atoms with van der Waals surface area (Å²) in [5.41, 5.74) is -0.117. The molecule has 114 valence electrons. The summed E-state index contributed by atoms with van der Waals surface area (Å²) < 4.78 is 0. The van der Waals surface area contributed by atoms with E-state index in [2.05, 4.69) is 20.2 Å². The number of likely N-dealkylation sites (N-methyl/N-ethyl adjacent to an activating group) is 1. The maximum absolute atomic E-state index is 11.5. The van der Waals surface area contributed by atoms with Crippen LogP contribution in [0.3, 0.4) is 0 Å². The number of carbonyl (C=O) groups excluding carboxylic acids is 1. The van der Waals surface area contributed by atoms with Crippen molar-refractivity contribution in [3.8, 4) is 0 Å². The van der Waals surface area contributed by atoms with Crippen molar-refractivity contribution in [3.63, 3.8) is 0 Å². The molecule has 1 aliphatic rings. The third-order valence-electron chi connectivity index (χ3n) is 3.23. The van der Waals surface area contributed by atoms with Gasteiger partial charge in [0, 0.05) is 32.7 Å². The maximum Gasteiger partial charge on any atom is 0.305 e. The zero-order valence-electron chi connectivity index (χ0n) is 11.9. The molecular weight excluding hydrogens is 276 g/mol. The first-order valence-electron chi connectivity index (χ1n) is 6.80. The van der Waals surface area contributed by atoms with Gasteiger partial charge in [0.05, 0.1) is 11.5 Å². The molecule has 0 bridgehead atoms. The highest BCUT2D eigenvalue weighted by Crippen LogP contribution is 2.13. The number of piperazine rings is 1. The summed E-state index contributed by atoms with van der Waals surface area (Å²) in [7, 11) is 0. The summed E-state index contributed by atoms with van der Waals surface area (Å²) >= 11 is 0. The monoisotopic (exact) mass is 294 g/mol. The Morgan fingerprint density at radius 3 is 2.48 bits per heavy atom. The Kier molecular flexibility index (Phi) is 4.99. The fourth-order valence-corrected chi connectivity index (χ4v) is 2.13. The van der Waals surface area contributed by atoms with Gasteiger partial charge in [-0.05, 0) is 6.92 Å². The molecule has 9 heteroatoms. The van der Waals surface area contributed by atoms with E-state index >= 15 is 0 Å². The molecule has 0 aliphatic carbocycles. The first-order chi connectivity index (χ1) is 10.1. The number of amides is 1. The fourth-order valence-electron chi connectivity index (χ4n) is 2.13. The minimum atomic E-state index is -0.520. The van der Waals surface area contributed by atoms with Gasteiger partial charge in [-0.1, -0.05) is 0 Å². The first kappa shape index (κ1) is 15.1. The van der Waals surface area contributed by atoms with Crippen LogP contribution in [0.1, 0.15) is 6.92 Å². The van der Waals surface area contributed by atoms with Gasteiger partial charge in [0.2, 0.25) is 11.9 Å². The molecule has 0 saturated carbocycles. The highest BCUT2D eigenvalue weighted by molar-refractivity contribution is 5.77. The number of hydrogen-bond acceptors (Lipinski definition) is 7. The Morgan fingerprint density at radius 2 is 1.95 bits per heavy atom. The lowest BCUT2D eigenvalue weighted by Crippen LogP contribution is -2.49. The molecule has 2 heterocycles. The SMILES string of the molecule is CCNC(=O)CN1CCN(c2ncc([N+](=O)[O-])cn2)CC1. The number of rotatable bonds is 5. The van der Waals surface area contributed by atoms with Gasteiger partial charge >= 0.3 is 5.69 Å². The Hall–Kier alpha value is -2.29. The van der Waals surface area contributed by atoms with Crippen molar-refractivity contribution in [3.05, 3.63) is 22.5 Å². The molecule has 0 unspecified atom stereocenters. The molecule has 1 aliphatic heterocycles. The topological polar surface area (TPSA) is 105 Å². The van der Waals surface area contributed by atoms with E-state index in [0.29, 0.717) is 32.1 Å². The predicted molar refractivity (Wildman–Crippen MR) is 76.0 cm³/mol. The van der Waals surface area contributed by atoms with Crippen LogP contribution in [-0.2, 0) is 4.79 Å². The summed E-state index contributed by atoms with van der Waals surface area (Å²) in [5.74, 6) is 0.510. The molecule has 0 aromatic carbocycles. The third-order valence-corrected chi connectivity index (χ3v) is 3.23. The first-order valence-corrected chi connectivity index (χ1v) is 6.80. The molecule has 2 rings (SSSR count). The van der Waals surface area contributed by atoms with Gasteiger partial charge in [-0.25, -0.2) is 9.97 Å². The van der Waals surface area contributed by atoms with E-state index in [1.54, 1.807) is 0 Å². The summed E-state index contributed by atoms with van der Waals surface area (Å²) in [6.45, 7) is 5.77. The molecule has 0 radical (unpaired) electrons. The van der Waals surface area contributed by atoms with Crippen LogP contribution in [-0.4, -0.2) is 65.0 Å². The van der Waals surface area contributed by atoms with Gasteiger partial charge in [0.15, 0.2) is 0 Å². The lowest BCUT2D eigenvalue weighted by Gasteiger charge is -2.34. The Bertz CT molecular complexity index is 498. The van der Waals surface area contributed by atoms with Gasteiger partial charge in [0.1, 0.15) is 12.4 Å². The lowest BCUT2D eigenvalue weighted by atomic mass is 10.3. The molecule has 9 nitrogen and oxygen atoms in total. The molecule has 1 saturated heterocycles. The summed E-state index contributed by atoms with van der Waals surface area (Å²) in [4.78, 5) is 33.6. The standard InChI is InChI=1S/C12H18N6O3/c1-2-13-11(19)9-16-3-5-17(6-4-16)12-14-7-10(8-15-12)18(20)21/h7-8H,2-6,9H2,1H3,(H,13,19). The second-order valence-corrected chi connectivity index (χ2v) is 4.72.